The number of carbonyl (C=O) groups is 2. The Morgan fingerprint density at radius 3 is 2.33 bits per heavy atom. The third-order valence-corrected chi connectivity index (χ3v) is 4.90. The second-order valence-corrected chi connectivity index (χ2v) is 7.03. The van der Waals surface area contributed by atoms with Gasteiger partial charge in [-0.3, -0.25) is 14.8 Å². The normalized spacial score (nSPS) is 20.7. The van der Waals surface area contributed by atoms with Crippen molar-refractivity contribution in [2.24, 2.45) is 5.92 Å². The van der Waals surface area contributed by atoms with Gasteiger partial charge in [-0.15, -0.1) is 0 Å². The average Bonchev–Trinajstić information content (AvgIpc) is 3.38. The monoisotopic (exact) mass is 409 g/mol. The topological polar surface area (TPSA) is 84.9 Å². The molecule has 0 saturated heterocycles. The SMILES string of the molecule is CCOC(=O)[C@@]1(c2ccc(Oc3cc(Cl)cc(Cl)c3)cc2)C[C@@H]1C(=O)NO. The van der Waals surface area contributed by atoms with Gasteiger partial charge in [-0.1, -0.05) is 35.3 Å². The van der Waals surface area contributed by atoms with Crippen LogP contribution in [0.5, 0.6) is 11.5 Å². The van der Waals surface area contributed by atoms with E-state index in [-0.39, 0.29) is 13.0 Å². The molecule has 0 aliphatic heterocycles. The maximum atomic E-state index is 12.5. The van der Waals surface area contributed by atoms with Crippen molar-refractivity contribution >= 4 is 35.1 Å². The third kappa shape index (κ3) is 3.88. The zero-order chi connectivity index (χ0) is 19.6. The molecule has 2 atom stereocenters. The molecule has 2 N–H and O–H groups in total. The molecule has 6 nitrogen and oxygen atoms in total. The molecular formula is C19H17Cl2NO5. The predicted octanol–water partition coefficient (Wildman–Crippen LogP) is 4.11. The van der Waals surface area contributed by atoms with Gasteiger partial charge in [0.2, 0.25) is 5.91 Å². The Morgan fingerprint density at radius 2 is 1.78 bits per heavy atom. The highest BCUT2D eigenvalue weighted by Gasteiger charge is 2.65. The first-order valence-electron chi connectivity index (χ1n) is 8.26. The third-order valence-electron chi connectivity index (χ3n) is 4.47. The van der Waals surface area contributed by atoms with Crippen LogP contribution in [-0.4, -0.2) is 23.7 Å². The first kappa shape index (κ1) is 19.5. The zero-order valence-corrected chi connectivity index (χ0v) is 15.9. The molecule has 1 amide bonds. The second kappa shape index (κ2) is 7.76. The van der Waals surface area contributed by atoms with Gasteiger partial charge in [0.15, 0.2) is 0 Å². The van der Waals surface area contributed by atoms with Gasteiger partial charge in [0.05, 0.1) is 12.5 Å². The lowest BCUT2D eigenvalue weighted by molar-refractivity contribution is -0.148. The number of carbonyl (C=O) groups excluding carboxylic acids is 2. The largest absolute Gasteiger partial charge is 0.465 e. The summed E-state index contributed by atoms with van der Waals surface area (Å²) in [6.45, 7) is 1.90. The summed E-state index contributed by atoms with van der Waals surface area (Å²) in [6, 6.07) is 11.6. The number of nitrogens with one attached hydrogen (secondary N) is 1. The van der Waals surface area contributed by atoms with Gasteiger partial charge in [-0.25, -0.2) is 5.48 Å². The van der Waals surface area contributed by atoms with Crippen LogP contribution in [0.4, 0.5) is 0 Å². The quantitative estimate of drug-likeness (QED) is 0.425. The van der Waals surface area contributed by atoms with Gasteiger partial charge >= 0.3 is 5.97 Å². The predicted molar refractivity (Wildman–Crippen MR) is 99.3 cm³/mol. The van der Waals surface area contributed by atoms with E-state index < -0.39 is 23.2 Å². The van der Waals surface area contributed by atoms with E-state index in [1.165, 1.54) is 0 Å². The summed E-state index contributed by atoms with van der Waals surface area (Å²) in [4.78, 5) is 24.3. The Bertz CT molecular complexity index is 851. The lowest BCUT2D eigenvalue weighted by Gasteiger charge is -2.16. The summed E-state index contributed by atoms with van der Waals surface area (Å²) < 4.78 is 10.9. The van der Waals surface area contributed by atoms with Crippen molar-refractivity contribution in [1.29, 1.82) is 0 Å². The number of rotatable bonds is 6. The number of hydrogen-bond donors (Lipinski definition) is 2. The number of hydroxylamine groups is 1. The summed E-state index contributed by atoms with van der Waals surface area (Å²) >= 11 is 11.9. The van der Waals surface area contributed by atoms with Crippen molar-refractivity contribution in [3.05, 3.63) is 58.1 Å². The van der Waals surface area contributed by atoms with E-state index in [1.807, 2.05) is 0 Å². The zero-order valence-electron chi connectivity index (χ0n) is 14.4. The molecule has 0 aromatic heterocycles. The van der Waals surface area contributed by atoms with E-state index in [4.69, 9.17) is 37.9 Å². The first-order valence-corrected chi connectivity index (χ1v) is 9.02. The number of benzene rings is 2. The molecule has 0 radical (unpaired) electrons. The fraction of sp³-hybridized carbons (Fsp3) is 0.263. The number of esters is 1. The first-order chi connectivity index (χ1) is 12.9. The van der Waals surface area contributed by atoms with Crippen LogP contribution >= 0.6 is 23.2 Å². The van der Waals surface area contributed by atoms with Gasteiger partial charge in [-0.05, 0) is 49.2 Å². The van der Waals surface area contributed by atoms with Crippen LogP contribution in [0.1, 0.15) is 18.9 Å². The van der Waals surface area contributed by atoms with Crippen LogP contribution in [0.15, 0.2) is 42.5 Å². The molecule has 2 aromatic carbocycles. The number of hydrogen-bond acceptors (Lipinski definition) is 5. The number of halogens is 2. The highest BCUT2D eigenvalue weighted by atomic mass is 35.5. The summed E-state index contributed by atoms with van der Waals surface area (Å²) in [7, 11) is 0. The average molecular weight is 410 g/mol. The Hall–Kier alpha value is -2.28. The maximum Gasteiger partial charge on any atom is 0.317 e. The van der Waals surface area contributed by atoms with Crippen LogP contribution in [0.2, 0.25) is 10.0 Å². The molecule has 1 fully saturated rings. The van der Waals surface area contributed by atoms with E-state index in [2.05, 4.69) is 0 Å². The highest BCUT2D eigenvalue weighted by molar-refractivity contribution is 6.34. The molecule has 3 rings (SSSR count). The van der Waals surface area contributed by atoms with E-state index in [1.54, 1.807) is 54.9 Å². The van der Waals surface area contributed by atoms with Crippen LogP contribution in [-0.2, 0) is 19.7 Å². The van der Waals surface area contributed by atoms with Crippen molar-refractivity contribution in [2.45, 2.75) is 18.8 Å². The summed E-state index contributed by atoms with van der Waals surface area (Å²) in [5.74, 6) is -0.796. The van der Waals surface area contributed by atoms with E-state index >= 15 is 0 Å². The Morgan fingerprint density at radius 1 is 1.15 bits per heavy atom. The van der Waals surface area contributed by atoms with Crippen LogP contribution < -0.4 is 10.2 Å². The molecule has 1 saturated carbocycles. The molecule has 8 heteroatoms. The lowest BCUT2D eigenvalue weighted by Crippen LogP contribution is -2.32. The molecular weight excluding hydrogens is 393 g/mol. The molecule has 1 aliphatic carbocycles. The number of ether oxygens (including phenoxy) is 2. The van der Waals surface area contributed by atoms with E-state index in [0.29, 0.717) is 27.1 Å². The smallest absolute Gasteiger partial charge is 0.317 e. The Labute approximate surface area is 165 Å². The molecule has 0 bridgehead atoms. The molecule has 2 aromatic rings. The minimum Gasteiger partial charge on any atom is -0.465 e. The molecule has 142 valence electrons. The van der Waals surface area contributed by atoms with Crippen LogP contribution in [0, 0.1) is 5.92 Å². The van der Waals surface area contributed by atoms with Gasteiger partial charge in [0.25, 0.3) is 0 Å². The van der Waals surface area contributed by atoms with Crippen LogP contribution in [0.3, 0.4) is 0 Å². The summed E-state index contributed by atoms with van der Waals surface area (Å²) in [6.07, 6.45) is 0.266. The van der Waals surface area contributed by atoms with Crippen molar-refractivity contribution in [3.8, 4) is 11.5 Å². The van der Waals surface area contributed by atoms with Gasteiger partial charge in [-0.2, -0.15) is 0 Å². The van der Waals surface area contributed by atoms with Crippen molar-refractivity contribution < 1.29 is 24.3 Å². The summed E-state index contributed by atoms with van der Waals surface area (Å²) in [5, 5.41) is 9.80. The molecule has 0 unspecified atom stereocenters. The van der Waals surface area contributed by atoms with Gasteiger partial charge in [0.1, 0.15) is 16.9 Å². The highest BCUT2D eigenvalue weighted by Crippen LogP contribution is 2.55. The van der Waals surface area contributed by atoms with Gasteiger partial charge < -0.3 is 9.47 Å². The van der Waals surface area contributed by atoms with Crippen molar-refractivity contribution in [1.82, 2.24) is 5.48 Å². The van der Waals surface area contributed by atoms with Crippen molar-refractivity contribution in [3.63, 3.8) is 0 Å². The Kier molecular flexibility index (Phi) is 5.60. The van der Waals surface area contributed by atoms with Crippen LogP contribution in [0.25, 0.3) is 0 Å². The lowest BCUT2D eigenvalue weighted by atomic mass is 9.93. The van der Waals surface area contributed by atoms with Gasteiger partial charge in [0, 0.05) is 10.0 Å². The molecule has 0 spiro atoms. The molecule has 0 heterocycles. The standard InChI is InChI=1S/C19H17Cl2NO5/c1-2-26-18(24)19(10-16(19)17(23)22-25)11-3-5-14(6-4-11)27-15-8-12(20)7-13(21)9-15/h3-9,16,25H,2,10H2,1H3,(H,22,23)/t16-,19-/m1/s1. The molecule has 27 heavy (non-hydrogen) atoms. The summed E-state index contributed by atoms with van der Waals surface area (Å²) in [5.41, 5.74) is 1.13. The maximum absolute atomic E-state index is 12.5. The fourth-order valence-corrected chi connectivity index (χ4v) is 3.63. The van der Waals surface area contributed by atoms with E-state index in [9.17, 15) is 9.59 Å². The van der Waals surface area contributed by atoms with Crippen molar-refractivity contribution in [2.75, 3.05) is 6.61 Å². The Balaban J connectivity index is 1.84. The second-order valence-electron chi connectivity index (χ2n) is 6.16. The van der Waals surface area contributed by atoms with E-state index in [0.717, 1.165) is 0 Å². The molecule has 1 aliphatic rings. The minimum absolute atomic E-state index is 0.199. The minimum atomic E-state index is -1.10. The number of amides is 1. The fourth-order valence-electron chi connectivity index (χ4n) is 3.12.